The molecule has 0 saturated carbocycles. The van der Waals surface area contributed by atoms with Crippen molar-refractivity contribution >= 4 is 23.2 Å². The van der Waals surface area contributed by atoms with E-state index in [1.54, 1.807) is 0 Å². The largest absolute Gasteiger partial charge is 0.325 e. The normalized spacial score (nSPS) is 10.2. The van der Waals surface area contributed by atoms with E-state index in [2.05, 4.69) is 10.6 Å². The van der Waals surface area contributed by atoms with Crippen LogP contribution in [0.5, 0.6) is 0 Å². The third kappa shape index (κ3) is 5.03. The third-order valence-electron chi connectivity index (χ3n) is 2.82. The van der Waals surface area contributed by atoms with Gasteiger partial charge in [0.25, 0.3) is 0 Å². The topological polar surface area (TPSA) is 41.1 Å². The second-order valence-corrected chi connectivity index (χ2v) is 4.91. The Balaban J connectivity index is 1.67. The Morgan fingerprint density at radius 1 is 1.05 bits per heavy atom. The van der Waals surface area contributed by atoms with Crippen molar-refractivity contribution in [3.8, 4) is 0 Å². The number of hydrogen-bond acceptors (Lipinski definition) is 2. The number of nitrogens with one attached hydrogen (secondary N) is 2. The Bertz CT molecular complexity index is 557. The number of anilines is 1. The number of rotatable bonds is 6. The second kappa shape index (κ2) is 7.68. The summed E-state index contributed by atoms with van der Waals surface area (Å²) < 4.78 is 0. The molecule has 2 N–H and O–H groups in total. The van der Waals surface area contributed by atoms with E-state index in [0.717, 1.165) is 29.2 Å². The van der Waals surface area contributed by atoms with Crippen LogP contribution in [0.1, 0.15) is 5.56 Å². The van der Waals surface area contributed by atoms with Crippen LogP contribution in [0, 0.1) is 0 Å². The molecule has 1 amide bonds. The molecule has 4 heteroatoms. The molecule has 2 rings (SSSR count). The summed E-state index contributed by atoms with van der Waals surface area (Å²) in [6.45, 7) is 1.04. The molecule has 0 aliphatic carbocycles. The van der Waals surface area contributed by atoms with Crippen LogP contribution >= 0.6 is 11.6 Å². The van der Waals surface area contributed by atoms with Crippen LogP contribution < -0.4 is 10.6 Å². The fourth-order valence-electron chi connectivity index (χ4n) is 1.85. The Kier molecular flexibility index (Phi) is 5.59. The van der Waals surface area contributed by atoms with Crippen LogP contribution in [0.25, 0.3) is 0 Å². The number of hydrogen-bond donors (Lipinski definition) is 2. The maximum atomic E-state index is 11.7. The second-order valence-electron chi connectivity index (χ2n) is 4.47. The van der Waals surface area contributed by atoms with Gasteiger partial charge in [0.05, 0.1) is 6.54 Å². The molecule has 0 atom stereocenters. The molecule has 0 aromatic heterocycles. The lowest BCUT2D eigenvalue weighted by Gasteiger charge is -2.07. The molecule has 0 saturated heterocycles. The van der Waals surface area contributed by atoms with E-state index in [9.17, 15) is 4.79 Å². The van der Waals surface area contributed by atoms with Crippen molar-refractivity contribution in [1.29, 1.82) is 0 Å². The highest BCUT2D eigenvalue weighted by atomic mass is 35.5. The number of para-hydroxylation sites is 1. The lowest BCUT2D eigenvalue weighted by molar-refractivity contribution is -0.115. The van der Waals surface area contributed by atoms with Crippen LogP contribution in [0.3, 0.4) is 0 Å². The summed E-state index contributed by atoms with van der Waals surface area (Å²) in [5.74, 6) is -0.0395. The summed E-state index contributed by atoms with van der Waals surface area (Å²) >= 11 is 5.91. The van der Waals surface area contributed by atoms with Gasteiger partial charge in [0.15, 0.2) is 0 Å². The molecule has 0 heterocycles. The molecule has 20 heavy (non-hydrogen) atoms. The molecule has 3 nitrogen and oxygen atoms in total. The van der Waals surface area contributed by atoms with Crippen LogP contribution in [0.2, 0.25) is 5.02 Å². The molecule has 0 aliphatic rings. The maximum absolute atomic E-state index is 11.7. The minimum Gasteiger partial charge on any atom is -0.325 e. The Labute approximate surface area is 124 Å². The monoisotopic (exact) mass is 288 g/mol. The Morgan fingerprint density at radius 2 is 1.85 bits per heavy atom. The lowest BCUT2D eigenvalue weighted by atomic mass is 10.1. The van der Waals surface area contributed by atoms with Crippen LogP contribution in [0.4, 0.5) is 5.69 Å². The maximum Gasteiger partial charge on any atom is 0.238 e. The molecule has 0 radical (unpaired) electrons. The smallest absolute Gasteiger partial charge is 0.238 e. The molecule has 104 valence electrons. The van der Waals surface area contributed by atoms with Crippen molar-refractivity contribution in [2.45, 2.75) is 6.42 Å². The van der Waals surface area contributed by atoms with Crippen molar-refractivity contribution in [2.75, 3.05) is 18.4 Å². The van der Waals surface area contributed by atoms with Gasteiger partial charge in [0, 0.05) is 10.7 Å². The summed E-state index contributed by atoms with van der Waals surface area (Å²) in [5, 5.41) is 6.69. The first kappa shape index (κ1) is 14.6. The molecule has 2 aromatic rings. The minimum absolute atomic E-state index is 0.0395. The van der Waals surface area contributed by atoms with Crippen molar-refractivity contribution in [3.05, 3.63) is 65.2 Å². The van der Waals surface area contributed by atoms with Gasteiger partial charge in [-0.05, 0) is 42.8 Å². The van der Waals surface area contributed by atoms with Gasteiger partial charge in [0.1, 0.15) is 0 Å². The molecule has 2 aromatic carbocycles. The first-order chi connectivity index (χ1) is 9.74. The molecule has 0 fully saturated rings. The SMILES string of the molecule is O=C(CNCCc1cccc(Cl)c1)Nc1ccccc1. The summed E-state index contributed by atoms with van der Waals surface area (Å²) in [4.78, 5) is 11.7. The highest BCUT2D eigenvalue weighted by molar-refractivity contribution is 6.30. The molecule has 0 aliphatic heterocycles. The average Bonchev–Trinajstić information content (AvgIpc) is 2.45. The van der Waals surface area contributed by atoms with Gasteiger partial charge in [-0.15, -0.1) is 0 Å². The van der Waals surface area contributed by atoms with Gasteiger partial charge < -0.3 is 10.6 Å². The minimum atomic E-state index is -0.0395. The first-order valence-corrected chi connectivity index (χ1v) is 6.92. The van der Waals surface area contributed by atoms with Crippen LogP contribution in [-0.2, 0) is 11.2 Å². The highest BCUT2D eigenvalue weighted by Crippen LogP contribution is 2.10. The predicted octanol–water partition coefficient (Wildman–Crippen LogP) is 3.11. The van der Waals surface area contributed by atoms with Crippen molar-refractivity contribution in [2.24, 2.45) is 0 Å². The predicted molar refractivity (Wildman–Crippen MR) is 83.1 cm³/mol. The highest BCUT2D eigenvalue weighted by Gasteiger charge is 2.01. The van der Waals surface area contributed by atoms with E-state index in [-0.39, 0.29) is 5.91 Å². The molecular formula is C16H17ClN2O. The number of carbonyl (C=O) groups excluding carboxylic acids is 1. The molecule has 0 unspecified atom stereocenters. The first-order valence-electron chi connectivity index (χ1n) is 6.54. The van der Waals surface area contributed by atoms with Gasteiger partial charge in [0.2, 0.25) is 5.91 Å². The van der Waals surface area contributed by atoms with Crippen molar-refractivity contribution in [1.82, 2.24) is 5.32 Å². The van der Waals surface area contributed by atoms with E-state index >= 15 is 0 Å². The fraction of sp³-hybridized carbons (Fsp3) is 0.188. The van der Waals surface area contributed by atoms with Gasteiger partial charge in [-0.1, -0.05) is 41.9 Å². The zero-order valence-corrected chi connectivity index (χ0v) is 11.9. The summed E-state index contributed by atoms with van der Waals surface area (Å²) in [5.41, 5.74) is 1.97. The standard InChI is InChI=1S/C16H17ClN2O/c17-14-6-4-5-13(11-14)9-10-18-12-16(20)19-15-7-2-1-3-8-15/h1-8,11,18H,9-10,12H2,(H,19,20). The summed E-state index contributed by atoms with van der Waals surface area (Å²) in [7, 11) is 0. The van der Waals surface area contributed by atoms with Gasteiger partial charge in [-0.3, -0.25) is 4.79 Å². The van der Waals surface area contributed by atoms with Gasteiger partial charge in [-0.2, -0.15) is 0 Å². The molecule has 0 spiro atoms. The quantitative estimate of drug-likeness (QED) is 0.802. The zero-order valence-electron chi connectivity index (χ0n) is 11.1. The van der Waals surface area contributed by atoms with E-state index in [0.29, 0.717) is 6.54 Å². The third-order valence-corrected chi connectivity index (χ3v) is 3.06. The number of carbonyl (C=O) groups is 1. The average molecular weight is 289 g/mol. The lowest BCUT2D eigenvalue weighted by Crippen LogP contribution is -2.29. The fourth-order valence-corrected chi connectivity index (χ4v) is 2.07. The van der Waals surface area contributed by atoms with E-state index in [1.165, 1.54) is 0 Å². The number of halogens is 1. The van der Waals surface area contributed by atoms with Gasteiger partial charge in [-0.25, -0.2) is 0 Å². The molecular weight excluding hydrogens is 272 g/mol. The zero-order chi connectivity index (χ0) is 14.2. The Morgan fingerprint density at radius 3 is 2.60 bits per heavy atom. The van der Waals surface area contributed by atoms with Crippen LogP contribution in [0.15, 0.2) is 54.6 Å². The van der Waals surface area contributed by atoms with E-state index < -0.39 is 0 Å². The molecule has 0 bridgehead atoms. The summed E-state index contributed by atoms with van der Waals surface area (Å²) in [6, 6.07) is 17.2. The summed E-state index contributed by atoms with van der Waals surface area (Å²) in [6.07, 6.45) is 0.846. The van der Waals surface area contributed by atoms with Crippen LogP contribution in [-0.4, -0.2) is 19.0 Å². The van der Waals surface area contributed by atoms with Gasteiger partial charge >= 0.3 is 0 Å². The van der Waals surface area contributed by atoms with E-state index in [1.807, 2.05) is 54.6 Å². The van der Waals surface area contributed by atoms with E-state index in [4.69, 9.17) is 11.6 Å². The number of amides is 1. The Hall–Kier alpha value is -1.84. The number of benzene rings is 2. The van der Waals surface area contributed by atoms with Crippen molar-refractivity contribution < 1.29 is 4.79 Å². The van der Waals surface area contributed by atoms with Crippen molar-refractivity contribution in [3.63, 3.8) is 0 Å².